The molecule has 0 aliphatic carbocycles. The molecule has 3 rings (SSSR count). The zero-order chi connectivity index (χ0) is 25.5. The van der Waals surface area contributed by atoms with Gasteiger partial charge in [0.2, 0.25) is 5.91 Å². The summed E-state index contributed by atoms with van der Waals surface area (Å²) >= 11 is 3.31. The highest BCUT2D eigenvalue weighted by Gasteiger charge is 2.35. The monoisotopic (exact) mass is 547 g/mol. The maximum Gasteiger partial charge on any atom is 0.341 e. The van der Waals surface area contributed by atoms with Crippen LogP contribution in [0.4, 0.5) is 10.5 Å². The lowest BCUT2D eigenvalue weighted by Crippen LogP contribution is -2.38. The Morgan fingerprint density at radius 2 is 1.91 bits per heavy atom. The number of amides is 4. The summed E-state index contributed by atoms with van der Waals surface area (Å²) < 4.78 is 16.4. The van der Waals surface area contributed by atoms with Gasteiger partial charge in [-0.05, 0) is 58.8 Å². The van der Waals surface area contributed by atoms with E-state index in [2.05, 4.69) is 26.6 Å². The van der Waals surface area contributed by atoms with Crippen molar-refractivity contribution in [3.63, 3.8) is 0 Å². The molecular formula is C23H22BrN3O8. The average molecular weight is 548 g/mol. The van der Waals surface area contributed by atoms with E-state index in [1.165, 1.54) is 19.3 Å². The molecule has 0 unspecified atom stereocenters. The second kappa shape index (κ2) is 11.4. The van der Waals surface area contributed by atoms with E-state index in [0.29, 0.717) is 21.5 Å². The van der Waals surface area contributed by atoms with E-state index >= 15 is 0 Å². The van der Waals surface area contributed by atoms with Crippen LogP contribution in [0.1, 0.15) is 12.5 Å². The molecule has 2 aromatic carbocycles. The number of methoxy groups -OCH3 is 1. The van der Waals surface area contributed by atoms with Gasteiger partial charge in [-0.15, -0.1) is 0 Å². The Labute approximate surface area is 208 Å². The van der Waals surface area contributed by atoms with E-state index in [1.54, 1.807) is 37.3 Å². The number of anilines is 1. The van der Waals surface area contributed by atoms with Gasteiger partial charge in [0, 0.05) is 0 Å². The van der Waals surface area contributed by atoms with Crippen molar-refractivity contribution < 1.29 is 38.5 Å². The molecule has 12 heteroatoms. The zero-order valence-electron chi connectivity index (χ0n) is 18.8. The van der Waals surface area contributed by atoms with Gasteiger partial charge in [-0.25, -0.2) is 14.5 Å². The number of nitrogens with zero attached hydrogens (tertiary/aromatic N) is 1. The molecule has 184 valence electrons. The highest BCUT2D eigenvalue weighted by atomic mass is 79.9. The lowest BCUT2D eigenvalue weighted by Gasteiger charge is -2.14. The minimum atomic E-state index is -1.15. The number of carbonyl (C=O) groups is 4. The second-order valence-electron chi connectivity index (χ2n) is 7.07. The Bertz CT molecular complexity index is 1200. The highest BCUT2D eigenvalue weighted by molar-refractivity contribution is 9.10. The molecule has 2 aromatic rings. The third kappa shape index (κ3) is 6.29. The second-order valence-corrected chi connectivity index (χ2v) is 7.93. The summed E-state index contributed by atoms with van der Waals surface area (Å²) in [6.07, 6.45) is 1.41. The summed E-state index contributed by atoms with van der Waals surface area (Å²) in [5.41, 5.74) is 0.821. The smallest absolute Gasteiger partial charge is 0.341 e. The fourth-order valence-corrected chi connectivity index (χ4v) is 3.75. The van der Waals surface area contributed by atoms with Crippen LogP contribution < -0.4 is 24.8 Å². The maximum atomic E-state index is 12.8. The van der Waals surface area contributed by atoms with Gasteiger partial charge < -0.3 is 30.0 Å². The predicted octanol–water partition coefficient (Wildman–Crippen LogP) is 2.85. The van der Waals surface area contributed by atoms with Crippen molar-refractivity contribution in [3.05, 3.63) is 52.1 Å². The summed E-state index contributed by atoms with van der Waals surface area (Å²) in [5, 5.41) is 13.9. The van der Waals surface area contributed by atoms with E-state index in [-0.39, 0.29) is 23.8 Å². The van der Waals surface area contributed by atoms with Crippen LogP contribution in [0, 0.1) is 0 Å². The summed E-state index contributed by atoms with van der Waals surface area (Å²) in [4.78, 5) is 49.3. The van der Waals surface area contributed by atoms with Gasteiger partial charge in [-0.2, -0.15) is 0 Å². The number of aliphatic carboxylic acids is 1. The van der Waals surface area contributed by atoms with Crippen molar-refractivity contribution in [2.75, 3.05) is 32.2 Å². The van der Waals surface area contributed by atoms with Crippen LogP contribution in [0.25, 0.3) is 6.08 Å². The van der Waals surface area contributed by atoms with Gasteiger partial charge in [0.25, 0.3) is 5.91 Å². The number of carbonyl (C=O) groups excluding carboxylic acids is 3. The lowest BCUT2D eigenvalue weighted by atomic mass is 10.1. The molecule has 0 atom stereocenters. The van der Waals surface area contributed by atoms with Crippen molar-refractivity contribution in [1.29, 1.82) is 0 Å². The standard InChI is InChI=1S/C23H22BrN3O8/c1-3-34-18-10-13(8-14(24)21(18)35-12-20(29)30)9-16-22(31)27(23(32)26-16)11-19(28)25-15-6-4-5-7-17(15)33-2/h4-10H,3,11-12H2,1-2H3,(H,25,28)(H,26,32)(H,29,30)/b16-9+. The average Bonchev–Trinajstić information content (AvgIpc) is 3.06. The number of rotatable bonds is 10. The fraction of sp³-hybridized carbons (Fsp3) is 0.217. The summed E-state index contributed by atoms with van der Waals surface area (Å²) in [7, 11) is 1.46. The van der Waals surface area contributed by atoms with Gasteiger partial charge >= 0.3 is 12.0 Å². The molecule has 1 heterocycles. The Balaban J connectivity index is 1.77. The molecule has 1 fully saturated rings. The number of para-hydroxylation sites is 2. The summed E-state index contributed by atoms with van der Waals surface area (Å²) in [6.45, 7) is 0.949. The molecule has 1 aliphatic heterocycles. The number of carboxylic acids is 1. The van der Waals surface area contributed by atoms with Crippen molar-refractivity contribution in [1.82, 2.24) is 10.2 Å². The molecule has 0 aromatic heterocycles. The summed E-state index contributed by atoms with van der Waals surface area (Å²) in [6, 6.07) is 9.10. The predicted molar refractivity (Wildman–Crippen MR) is 128 cm³/mol. The minimum Gasteiger partial charge on any atom is -0.495 e. The Hall–Kier alpha value is -4.06. The molecule has 1 aliphatic rings. The zero-order valence-corrected chi connectivity index (χ0v) is 20.4. The highest BCUT2D eigenvalue weighted by Crippen LogP contribution is 2.37. The molecule has 1 saturated heterocycles. The number of nitrogens with one attached hydrogen (secondary N) is 2. The van der Waals surface area contributed by atoms with E-state index in [0.717, 1.165) is 4.90 Å². The van der Waals surface area contributed by atoms with Crippen LogP contribution in [0.15, 0.2) is 46.6 Å². The van der Waals surface area contributed by atoms with Gasteiger partial charge in [-0.3, -0.25) is 9.59 Å². The molecule has 4 amide bonds. The largest absolute Gasteiger partial charge is 0.495 e. The van der Waals surface area contributed by atoms with Gasteiger partial charge in [-0.1, -0.05) is 12.1 Å². The van der Waals surface area contributed by atoms with Crippen molar-refractivity contribution in [2.45, 2.75) is 6.92 Å². The molecule has 0 bridgehead atoms. The van der Waals surface area contributed by atoms with Gasteiger partial charge in [0.1, 0.15) is 18.0 Å². The van der Waals surface area contributed by atoms with Gasteiger partial charge in [0.05, 0.1) is 23.9 Å². The molecule has 0 spiro atoms. The molecular weight excluding hydrogens is 526 g/mol. The van der Waals surface area contributed by atoms with Crippen LogP contribution >= 0.6 is 15.9 Å². The number of halogens is 1. The topological polar surface area (TPSA) is 144 Å². The van der Waals surface area contributed by atoms with Crippen LogP contribution in [0.2, 0.25) is 0 Å². The van der Waals surface area contributed by atoms with Crippen LogP contribution in [0.3, 0.4) is 0 Å². The number of imide groups is 1. The minimum absolute atomic E-state index is 0.0476. The van der Waals surface area contributed by atoms with E-state index < -0.39 is 37.0 Å². The number of carboxylic acid groups (broad SMARTS) is 1. The lowest BCUT2D eigenvalue weighted by molar-refractivity contribution is -0.139. The molecule has 3 N–H and O–H groups in total. The number of urea groups is 1. The van der Waals surface area contributed by atoms with Crippen LogP contribution in [-0.2, 0) is 14.4 Å². The van der Waals surface area contributed by atoms with Crippen molar-refractivity contribution in [3.8, 4) is 17.2 Å². The molecule has 0 saturated carbocycles. The van der Waals surface area contributed by atoms with E-state index in [9.17, 15) is 19.2 Å². The van der Waals surface area contributed by atoms with E-state index in [1.807, 2.05) is 0 Å². The third-order valence-electron chi connectivity index (χ3n) is 4.63. The molecule has 0 radical (unpaired) electrons. The van der Waals surface area contributed by atoms with Crippen LogP contribution in [-0.4, -0.2) is 60.7 Å². The first-order chi connectivity index (χ1) is 16.7. The number of benzene rings is 2. The van der Waals surface area contributed by atoms with Crippen LogP contribution in [0.5, 0.6) is 17.2 Å². The quantitative estimate of drug-likeness (QED) is 0.304. The normalized spacial score (nSPS) is 14.0. The first-order valence-electron chi connectivity index (χ1n) is 10.3. The number of ether oxygens (including phenoxy) is 3. The molecule has 11 nitrogen and oxygen atoms in total. The Morgan fingerprint density at radius 3 is 2.60 bits per heavy atom. The molecule has 35 heavy (non-hydrogen) atoms. The Kier molecular flexibility index (Phi) is 8.31. The van der Waals surface area contributed by atoms with E-state index in [4.69, 9.17) is 19.3 Å². The first kappa shape index (κ1) is 25.6. The SMILES string of the molecule is CCOc1cc(/C=C2/NC(=O)N(CC(=O)Nc3ccccc3OC)C2=O)cc(Br)c1OCC(=O)O. The number of hydrogen-bond donors (Lipinski definition) is 3. The maximum absolute atomic E-state index is 12.8. The fourth-order valence-electron chi connectivity index (χ4n) is 3.17. The Morgan fingerprint density at radius 1 is 1.17 bits per heavy atom. The third-order valence-corrected chi connectivity index (χ3v) is 5.22. The number of hydrogen-bond acceptors (Lipinski definition) is 7. The van der Waals surface area contributed by atoms with Gasteiger partial charge in [0.15, 0.2) is 18.1 Å². The van der Waals surface area contributed by atoms with Crippen molar-refractivity contribution in [2.24, 2.45) is 0 Å². The summed E-state index contributed by atoms with van der Waals surface area (Å²) in [5.74, 6) is -1.55. The van der Waals surface area contributed by atoms with Crippen molar-refractivity contribution >= 4 is 51.5 Å². The first-order valence-corrected chi connectivity index (χ1v) is 11.1.